The van der Waals surface area contributed by atoms with Crippen LogP contribution in [0.3, 0.4) is 0 Å². The highest BCUT2D eigenvalue weighted by Gasteiger charge is 2.35. The fraction of sp³-hybridized carbons (Fsp3) is 0.213. The molecule has 0 radical (unpaired) electrons. The highest BCUT2D eigenvalue weighted by molar-refractivity contribution is 6.02. The van der Waals surface area contributed by atoms with Crippen LogP contribution in [0.15, 0.2) is 163 Å². The van der Waals surface area contributed by atoms with Crippen molar-refractivity contribution in [2.75, 3.05) is 30.2 Å². The average molecular weight is 1010 g/mol. The summed E-state index contributed by atoms with van der Waals surface area (Å²) in [4.78, 5) is 46.5. The van der Waals surface area contributed by atoms with Crippen LogP contribution in [0.2, 0.25) is 0 Å². The summed E-state index contributed by atoms with van der Waals surface area (Å²) >= 11 is 0. The maximum absolute atomic E-state index is 13.6. The van der Waals surface area contributed by atoms with Gasteiger partial charge >= 0.3 is 0 Å². The van der Waals surface area contributed by atoms with Gasteiger partial charge in [-0.15, -0.1) is 0 Å². The van der Waals surface area contributed by atoms with Crippen LogP contribution >= 0.6 is 0 Å². The van der Waals surface area contributed by atoms with Gasteiger partial charge < -0.3 is 49.1 Å². The van der Waals surface area contributed by atoms with Crippen molar-refractivity contribution in [1.82, 2.24) is 14.8 Å². The molecule has 0 saturated heterocycles. The summed E-state index contributed by atoms with van der Waals surface area (Å²) < 4.78 is 29.4. The number of furan rings is 1. The standard InChI is InChI=1S/C31H31N3O5.C30H29N3O3/c1-19-14-24(32-21(3)35)15-20(2)29(19)39-18-23-16-22(11-12-28(23)37-4)30-33-27-10-6-5-9-26(27)31(36)34(30)17-25-8-7-13-38-25;1-20-8-6-9-21(2)28(20)36-19-24-16-23(13-14-27(24)35-3)29-32-26-12-5-4-11-25(26)30(34)33(29)18-22-10-7-15-31-17-22/h5-16,30,33H,17-18H2,1-4H3,(H,32,35);4-17,29,32H,18-19H2,1-3H3. The molecule has 382 valence electrons. The third-order valence-corrected chi connectivity index (χ3v) is 13.2. The number of nitrogens with zero attached hydrogens (tertiary/aromatic N) is 3. The molecule has 0 fully saturated rings. The zero-order chi connectivity index (χ0) is 52.6. The summed E-state index contributed by atoms with van der Waals surface area (Å²) in [7, 11) is 3.28. The molecule has 4 heterocycles. The Morgan fingerprint density at radius 2 is 1.15 bits per heavy atom. The Hall–Kier alpha value is -9.04. The molecule has 6 aromatic carbocycles. The molecule has 2 atom stereocenters. The summed E-state index contributed by atoms with van der Waals surface area (Å²) in [6.07, 6.45) is 4.34. The predicted octanol–water partition coefficient (Wildman–Crippen LogP) is 12.3. The average Bonchev–Trinajstić information content (AvgIpc) is 3.93. The number of benzene rings is 6. The second-order valence-electron chi connectivity index (χ2n) is 18.6. The number of ether oxygens (including phenoxy) is 4. The Bertz CT molecular complexity index is 3300. The maximum atomic E-state index is 13.6. The van der Waals surface area contributed by atoms with E-state index in [0.29, 0.717) is 42.3 Å². The van der Waals surface area contributed by atoms with Crippen LogP contribution in [0.1, 0.15) is 95.8 Å². The van der Waals surface area contributed by atoms with Gasteiger partial charge in [-0.05, 0) is 146 Å². The van der Waals surface area contributed by atoms with E-state index in [1.54, 1.807) is 37.8 Å². The van der Waals surface area contributed by atoms with Crippen LogP contribution in [-0.4, -0.2) is 46.7 Å². The molecule has 3 N–H and O–H groups in total. The molecular formula is C61H60N6O8. The lowest BCUT2D eigenvalue weighted by atomic mass is 10.0. The molecule has 2 aliphatic rings. The number of fused-ring (bicyclic) bond motifs is 2. The van der Waals surface area contributed by atoms with E-state index in [9.17, 15) is 14.4 Å². The molecule has 0 bridgehead atoms. The van der Waals surface area contributed by atoms with Gasteiger partial charge in [-0.3, -0.25) is 19.4 Å². The molecule has 8 aromatic rings. The van der Waals surface area contributed by atoms with E-state index < -0.39 is 6.17 Å². The Morgan fingerprint density at radius 3 is 1.64 bits per heavy atom. The van der Waals surface area contributed by atoms with Crippen molar-refractivity contribution in [2.45, 2.75) is 73.3 Å². The summed E-state index contributed by atoms with van der Waals surface area (Å²) in [5.41, 5.74) is 12.1. The minimum absolute atomic E-state index is 0.0256. The van der Waals surface area contributed by atoms with Gasteiger partial charge in [0.05, 0.1) is 38.2 Å². The number of aromatic nitrogens is 1. The minimum atomic E-state index is -0.428. The summed E-state index contributed by atoms with van der Waals surface area (Å²) in [5, 5.41) is 9.93. The van der Waals surface area contributed by atoms with Gasteiger partial charge in [0.15, 0.2) is 0 Å². The quantitative estimate of drug-likeness (QED) is 0.0898. The minimum Gasteiger partial charge on any atom is -0.496 e. The monoisotopic (exact) mass is 1000 g/mol. The molecule has 10 rings (SSSR count). The lowest BCUT2D eigenvalue weighted by Crippen LogP contribution is -2.42. The number of hydrogen-bond acceptors (Lipinski definition) is 11. The second-order valence-corrected chi connectivity index (χ2v) is 18.6. The number of nitrogens with one attached hydrogen (secondary N) is 3. The maximum Gasteiger partial charge on any atom is 0.258 e. The molecule has 2 aliphatic heterocycles. The first-order valence-electron chi connectivity index (χ1n) is 24.7. The molecule has 2 unspecified atom stereocenters. The molecule has 75 heavy (non-hydrogen) atoms. The Labute approximate surface area is 437 Å². The summed E-state index contributed by atoms with van der Waals surface area (Å²) in [6, 6.07) is 44.4. The van der Waals surface area contributed by atoms with Crippen LogP contribution in [0.4, 0.5) is 17.1 Å². The van der Waals surface area contributed by atoms with E-state index in [4.69, 9.17) is 23.4 Å². The molecule has 0 saturated carbocycles. The Balaban J connectivity index is 0.000000184. The first-order valence-corrected chi connectivity index (χ1v) is 24.7. The highest BCUT2D eigenvalue weighted by atomic mass is 16.5. The number of carbonyl (C=O) groups is 3. The second kappa shape index (κ2) is 22.8. The van der Waals surface area contributed by atoms with Crippen LogP contribution in [0.25, 0.3) is 0 Å². The molecular weight excluding hydrogens is 945 g/mol. The number of hydrogen-bond donors (Lipinski definition) is 3. The Kier molecular flexibility index (Phi) is 15.5. The van der Waals surface area contributed by atoms with E-state index in [0.717, 1.165) is 84.4 Å². The largest absolute Gasteiger partial charge is 0.496 e. The fourth-order valence-corrected chi connectivity index (χ4v) is 9.64. The summed E-state index contributed by atoms with van der Waals surface area (Å²) in [5.74, 6) is 3.52. The van der Waals surface area contributed by atoms with Crippen LogP contribution in [0.5, 0.6) is 23.0 Å². The third kappa shape index (κ3) is 11.5. The fourth-order valence-electron chi connectivity index (χ4n) is 9.64. The normalized spacial score (nSPS) is 14.5. The Morgan fingerprint density at radius 1 is 0.613 bits per heavy atom. The molecule has 14 heteroatoms. The van der Waals surface area contributed by atoms with Gasteiger partial charge in [-0.2, -0.15) is 0 Å². The van der Waals surface area contributed by atoms with Gasteiger partial charge in [0.1, 0.15) is 54.3 Å². The molecule has 2 aromatic heterocycles. The van der Waals surface area contributed by atoms with E-state index in [2.05, 4.69) is 27.0 Å². The first-order chi connectivity index (χ1) is 36.4. The van der Waals surface area contributed by atoms with Crippen molar-refractivity contribution >= 4 is 34.8 Å². The zero-order valence-corrected chi connectivity index (χ0v) is 43.1. The lowest BCUT2D eigenvalue weighted by molar-refractivity contribution is -0.114. The van der Waals surface area contributed by atoms with Crippen LogP contribution in [-0.2, 0) is 31.1 Å². The number of rotatable bonds is 15. The van der Waals surface area contributed by atoms with Crippen molar-refractivity contribution in [1.29, 1.82) is 0 Å². The van der Waals surface area contributed by atoms with Gasteiger partial charge in [-0.25, -0.2) is 0 Å². The van der Waals surface area contributed by atoms with Crippen molar-refractivity contribution in [2.24, 2.45) is 0 Å². The predicted molar refractivity (Wildman–Crippen MR) is 289 cm³/mol. The van der Waals surface area contributed by atoms with E-state index in [-0.39, 0.29) is 30.5 Å². The first kappa shape index (κ1) is 50.9. The summed E-state index contributed by atoms with van der Waals surface area (Å²) in [6.45, 7) is 10.8. The smallest absolute Gasteiger partial charge is 0.258 e. The number of carbonyl (C=O) groups excluding carboxylic acids is 3. The number of aryl methyl sites for hydroxylation is 4. The van der Waals surface area contributed by atoms with Crippen molar-refractivity contribution < 1.29 is 37.7 Å². The van der Waals surface area contributed by atoms with Gasteiger partial charge in [0, 0.05) is 54.1 Å². The number of pyridine rings is 1. The van der Waals surface area contributed by atoms with E-state index in [1.165, 1.54) is 6.92 Å². The van der Waals surface area contributed by atoms with Crippen molar-refractivity contribution in [3.8, 4) is 23.0 Å². The van der Waals surface area contributed by atoms with E-state index in [1.807, 2.05) is 166 Å². The van der Waals surface area contributed by atoms with Crippen molar-refractivity contribution in [3.05, 3.63) is 225 Å². The van der Waals surface area contributed by atoms with Gasteiger partial charge in [-0.1, -0.05) is 60.7 Å². The number of methoxy groups -OCH3 is 2. The van der Waals surface area contributed by atoms with E-state index >= 15 is 0 Å². The van der Waals surface area contributed by atoms with Crippen LogP contribution < -0.4 is 34.9 Å². The molecule has 0 spiro atoms. The zero-order valence-electron chi connectivity index (χ0n) is 43.1. The third-order valence-electron chi connectivity index (χ3n) is 13.2. The number of anilines is 3. The number of para-hydroxylation sites is 3. The lowest BCUT2D eigenvalue weighted by Gasteiger charge is -2.38. The highest BCUT2D eigenvalue weighted by Crippen LogP contribution is 2.39. The van der Waals surface area contributed by atoms with Crippen molar-refractivity contribution in [3.63, 3.8) is 0 Å². The van der Waals surface area contributed by atoms with Crippen LogP contribution in [0, 0.1) is 27.7 Å². The van der Waals surface area contributed by atoms with Gasteiger partial charge in [0.25, 0.3) is 11.8 Å². The molecule has 3 amide bonds. The van der Waals surface area contributed by atoms with Gasteiger partial charge in [0.2, 0.25) is 5.91 Å². The number of amides is 3. The molecule has 0 aliphatic carbocycles. The SMILES string of the molecule is COc1ccc(C2Nc3ccccc3C(=O)N2Cc2cccnc2)cc1COc1c(C)cccc1C.COc1ccc(C2Nc3ccccc3C(=O)N2Cc2ccco2)cc1COc1c(C)cc(NC(C)=O)cc1C. The topological polar surface area (TPSA) is 157 Å². The molecule has 14 nitrogen and oxygen atoms in total.